The van der Waals surface area contributed by atoms with E-state index in [1.807, 2.05) is 6.92 Å². The van der Waals surface area contributed by atoms with E-state index in [2.05, 4.69) is 14.7 Å². The average Bonchev–Trinajstić information content (AvgIpc) is 2.74. The molecule has 1 atom stereocenters. The number of hydrogen-bond acceptors (Lipinski definition) is 4. The Balaban J connectivity index is 2.38. The van der Waals surface area contributed by atoms with E-state index in [0.717, 1.165) is 0 Å². The molecule has 1 aromatic heterocycles. The first-order valence-electron chi connectivity index (χ1n) is 6.04. The molecule has 1 aromatic rings. The van der Waals surface area contributed by atoms with Gasteiger partial charge in [-0.1, -0.05) is 6.92 Å². The van der Waals surface area contributed by atoms with Gasteiger partial charge in [-0.25, -0.2) is 18.1 Å². The van der Waals surface area contributed by atoms with Crippen molar-refractivity contribution in [2.75, 3.05) is 6.54 Å². The van der Waals surface area contributed by atoms with E-state index >= 15 is 0 Å². The van der Waals surface area contributed by atoms with Gasteiger partial charge in [-0.05, 0) is 25.7 Å². The molecule has 1 heterocycles. The van der Waals surface area contributed by atoms with Crippen LogP contribution in [0, 0.1) is 12.8 Å². The van der Waals surface area contributed by atoms with Crippen LogP contribution in [0.1, 0.15) is 32.0 Å². The van der Waals surface area contributed by atoms with Crippen molar-refractivity contribution in [2.24, 2.45) is 5.92 Å². The molecule has 0 bridgehead atoms. The lowest BCUT2D eigenvalue weighted by molar-refractivity contribution is -0.137. The summed E-state index contributed by atoms with van der Waals surface area (Å²) in [5.41, 5.74) is 0. The highest BCUT2D eigenvalue weighted by Crippen LogP contribution is 2.10. The maximum atomic E-state index is 11.8. The number of aliphatic carboxylic acids is 1. The highest BCUT2D eigenvalue weighted by molar-refractivity contribution is 7.89. The number of rotatable bonds is 8. The molecule has 0 amide bonds. The van der Waals surface area contributed by atoms with Crippen LogP contribution < -0.4 is 4.72 Å². The van der Waals surface area contributed by atoms with Crippen LogP contribution in [0.2, 0.25) is 0 Å². The molecule has 0 radical (unpaired) electrons. The number of aromatic nitrogens is 2. The van der Waals surface area contributed by atoms with Crippen LogP contribution in [-0.4, -0.2) is 36.0 Å². The normalized spacial score (nSPS) is 13.4. The van der Waals surface area contributed by atoms with Crippen molar-refractivity contribution in [3.63, 3.8) is 0 Å². The Morgan fingerprint density at radius 1 is 1.53 bits per heavy atom. The highest BCUT2D eigenvalue weighted by Gasteiger charge is 2.16. The third kappa shape index (κ3) is 5.39. The summed E-state index contributed by atoms with van der Waals surface area (Å²) in [7, 11) is -3.55. The smallest absolute Gasteiger partial charge is 0.303 e. The Kier molecular flexibility index (Phi) is 5.49. The fourth-order valence-electron chi connectivity index (χ4n) is 1.57. The Morgan fingerprint density at radius 3 is 2.74 bits per heavy atom. The van der Waals surface area contributed by atoms with Crippen molar-refractivity contribution in [1.29, 1.82) is 0 Å². The second-order valence-electron chi connectivity index (χ2n) is 4.56. The van der Waals surface area contributed by atoms with Gasteiger partial charge in [-0.3, -0.25) is 4.79 Å². The number of aromatic amines is 1. The zero-order valence-electron chi connectivity index (χ0n) is 11.0. The molecule has 0 spiro atoms. The van der Waals surface area contributed by atoms with Crippen LogP contribution in [-0.2, 0) is 14.8 Å². The fourth-order valence-corrected chi connectivity index (χ4v) is 2.58. The van der Waals surface area contributed by atoms with E-state index in [4.69, 9.17) is 5.11 Å². The van der Waals surface area contributed by atoms with E-state index in [1.165, 1.54) is 6.20 Å². The topological polar surface area (TPSA) is 112 Å². The summed E-state index contributed by atoms with van der Waals surface area (Å²) in [4.78, 5) is 16.9. The van der Waals surface area contributed by atoms with Gasteiger partial charge in [-0.15, -0.1) is 0 Å². The molecule has 0 saturated carbocycles. The van der Waals surface area contributed by atoms with Crippen molar-refractivity contribution >= 4 is 16.0 Å². The predicted octanol–water partition coefficient (Wildman–Crippen LogP) is 0.887. The Bertz CT molecular complexity index is 524. The number of nitrogens with zero attached hydrogens (tertiary/aromatic N) is 1. The number of carboxylic acid groups (broad SMARTS) is 1. The minimum absolute atomic E-state index is 0.0446. The van der Waals surface area contributed by atoms with Gasteiger partial charge in [0.1, 0.15) is 5.82 Å². The lowest BCUT2D eigenvalue weighted by Gasteiger charge is -2.10. The monoisotopic (exact) mass is 289 g/mol. The zero-order valence-corrected chi connectivity index (χ0v) is 11.8. The van der Waals surface area contributed by atoms with E-state index in [1.54, 1.807) is 6.92 Å². The molecule has 1 unspecified atom stereocenters. The Labute approximate surface area is 112 Å². The van der Waals surface area contributed by atoms with Crippen molar-refractivity contribution in [1.82, 2.24) is 14.7 Å². The van der Waals surface area contributed by atoms with Gasteiger partial charge in [0.2, 0.25) is 0 Å². The third-order valence-electron chi connectivity index (χ3n) is 2.75. The van der Waals surface area contributed by atoms with Crippen LogP contribution >= 0.6 is 0 Å². The summed E-state index contributed by atoms with van der Waals surface area (Å²) in [5.74, 6) is -0.141. The maximum absolute atomic E-state index is 11.8. The van der Waals surface area contributed by atoms with Crippen molar-refractivity contribution < 1.29 is 18.3 Å². The summed E-state index contributed by atoms with van der Waals surface area (Å²) < 4.78 is 26.1. The van der Waals surface area contributed by atoms with Crippen molar-refractivity contribution in [2.45, 2.75) is 38.1 Å². The molecule has 1 rings (SSSR count). The molecule has 0 aliphatic heterocycles. The second-order valence-corrected chi connectivity index (χ2v) is 6.29. The zero-order chi connectivity index (χ0) is 14.5. The standard InChI is InChI=1S/C11H19N3O4S/c1-8(3-4-11(15)16)5-6-13-19(17,18)10-7-12-9(2)14-10/h7-8,13H,3-6H2,1-2H3,(H,12,14)(H,15,16). The summed E-state index contributed by atoms with van der Waals surface area (Å²) in [6.07, 6.45) is 2.51. The molecule has 19 heavy (non-hydrogen) atoms. The predicted molar refractivity (Wildman–Crippen MR) is 69.2 cm³/mol. The summed E-state index contributed by atoms with van der Waals surface area (Å²) >= 11 is 0. The molecule has 0 aromatic carbocycles. The lowest BCUT2D eigenvalue weighted by Crippen LogP contribution is -2.26. The number of nitrogens with one attached hydrogen (secondary N) is 2. The summed E-state index contributed by atoms with van der Waals surface area (Å²) in [5, 5.41) is 8.59. The summed E-state index contributed by atoms with van der Waals surface area (Å²) in [6, 6.07) is 0. The molecule has 0 aliphatic carbocycles. The van der Waals surface area contributed by atoms with E-state index < -0.39 is 16.0 Å². The number of sulfonamides is 1. The van der Waals surface area contributed by atoms with Gasteiger partial charge in [0.05, 0.1) is 6.20 Å². The molecule has 0 fully saturated rings. The Morgan fingerprint density at radius 2 is 2.21 bits per heavy atom. The van der Waals surface area contributed by atoms with Crippen LogP contribution in [0.5, 0.6) is 0 Å². The maximum Gasteiger partial charge on any atom is 0.303 e. The number of aryl methyl sites for hydroxylation is 1. The minimum atomic E-state index is -3.55. The molecular formula is C11H19N3O4S. The molecule has 0 saturated heterocycles. The van der Waals surface area contributed by atoms with Crippen LogP contribution in [0.25, 0.3) is 0 Å². The number of hydrogen-bond donors (Lipinski definition) is 3. The highest BCUT2D eigenvalue weighted by atomic mass is 32.2. The van der Waals surface area contributed by atoms with Crippen LogP contribution in [0.15, 0.2) is 11.2 Å². The van der Waals surface area contributed by atoms with Gasteiger partial charge >= 0.3 is 5.97 Å². The molecule has 8 heteroatoms. The van der Waals surface area contributed by atoms with Gasteiger partial charge < -0.3 is 10.1 Å². The van der Waals surface area contributed by atoms with E-state index in [0.29, 0.717) is 18.7 Å². The summed E-state index contributed by atoms with van der Waals surface area (Å²) in [6.45, 7) is 3.85. The third-order valence-corrected chi connectivity index (χ3v) is 4.12. The molecule has 0 aliphatic rings. The minimum Gasteiger partial charge on any atom is -0.481 e. The van der Waals surface area contributed by atoms with Gasteiger partial charge in [0.15, 0.2) is 5.03 Å². The quantitative estimate of drug-likeness (QED) is 0.658. The molecule has 108 valence electrons. The second kappa shape index (κ2) is 6.67. The number of carbonyl (C=O) groups is 1. The number of carboxylic acids is 1. The van der Waals surface area contributed by atoms with Crippen LogP contribution in [0.3, 0.4) is 0 Å². The van der Waals surface area contributed by atoms with Gasteiger partial charge in [0, 0.05) is 13.0 Å². The first kappa shape index (κ1) is 15.6. The Hall–Kier alpha value is -1.41. The largest absolute Gasteiger partial charge is 0.481 e. The molecular weight excluding hydrogens is 270 g/mol. The van der Waals surface area contributed by atoms with Crippen LogP contribution in [0.4, 0.5) is 0 Å². The number of imidazole rings is 1. The molecule has 7 nitrogen and oxygen atoms in total. The van der Waals surface area contributed by atoms with E-state index in [-0.39, 0.29) is 23.9 Å². The average molecular weight is 289 g/mol. The first-order chi connectivity index (χ1) is 8.81. The van der Waals surface area contributed by atoms with Crippen molar-refractivity contribution in [3.05, 3.63) is 12.0 Å². The SMILES string of the molecule is Cc1ncc(S(=O)(=O)NCCC(C)CCC(=O)O)[nH]1. The van der Waals surface area contributed by atoms with E-state index in [9.17, 15) is 13.2 Å². The van der Waals surface area contributed by atoms with Gasteiger partial charge in [-0.2, -0.15) is 0 Å². The van der Waals surface area contributed by atoms with Crippen molar-refractivity contribution in [3.8, 4) is 0 Å². The number of H-pyrrole nitrogens is 1. The first-order valence-corrected chi connectivity index (χ1v) is 7.52. The van der Waals surface area contributed by atoms with Gasteiger partial charge in [0.25, 0.3) is 10.0 Å². The fraction of sp³-hybridized carbons (Fsp3) is 0.636. The lowest BCUT2D eigenvalue weighted by atomic mass is 10.0. The molecule has 3 N–H and O–H groups in total.